The molecule has 0 radical (unpaired) electrons. The molecule has 3 heteroatoms. The minimum atomic E-state index is 0.0827. The van der Waals surface area contributed by atoms with E-state index in [-0.39, 0.29) is 5.78 Å². The SMILES string of the molecule is C=CCCC(=O)c1cc(Cl)ccc1Br. The molecule has 0 saturated carbocycles. The van der Waals surface area contributed by atoms with Crippen molar-refractivity contribution in [2.75, 3.05) is 0 Å². The van der Waals surface area contributed by atoms with E-state index in [0.717, 1.165) is 4.47 Å². The van der Waals surface area contributed by atoms with E-state index in [0.29, 0.717) is 23.4 Å². The van der Waals surface area contributed by atoms with Crippen LogP contribution in [0.2, 0.25) is 5.02 Å². The molecule has 0 unspecified atom stereocenters. The highest BCUT2D eigenvalue weighted by Gasteiger charge is 2.09. The number of rotatable bonds is 4. The van der Waals surface area contributed by atoms with Crippen LogP contribution in [-0.2, 0) is 0 Å². The van der Waals surface area contributed by atoms with Gasteiger partial charge in [0.25, 0.3) is 0 Å². The Labute approximate surface area is 96.9 Å². The molecule has 1 aromatic carbocycles. The smallest absolute Gasteiger partial charge is 0.164 e. The number of benzene rings is 1. The zero-order chi connectivity index (χ0) is 10.6. The van der Waals surface area contributed by atoms with Crippen molar-refractivity contribution in [1.29, 1.82) is 0 Å². The van der Waals surface area contributed by atoms with Crippen LogP contribution in [0.15, 0.2) is 35.3 Å². The maximum atomic E-state index is 11.6. The summed E-state index contributed by atoms with van der Waals surface area (Å²) < 4.78 is 0.788. The summed E-state index contributed by atoms with van der Waals surface area (Å²) >= 11 is 9.12. The number of hydrogen-bond donors (Lipinski definition) is 0. The number of Topliss-reactive ketones (excluding diaryl/α,β-unsaturated/α-hetero) is 1. The third-order valence-electron chi connectivity index (χ3n) is 1.80. The van der Waals surface area contributed by atoms with Gasteiger partial charge in [-0.3, -0.25) is 4.79 Å². The Kier molecular flexibility index (Phi) is 4.36. The molecule has 0 aliphatic heterocycles. The van der Waals surface area contributed by atoms with Gasteiger partial charge < -0.3 is 0 Å². The number of allylic oxidation sites excluding steroid dienone is 1. The van der Waals surface area contributed by atoms with E-state index in [1.807, 2.05) is 0 Å². The summed E-state index contributed by atoms with van der Waals surface area (Å²) in [5.41, 5.74) is 0.638. The summed E-state index contributed by atoms with van der Waals surface area (Å²) in [7, 11) is 0. The Bertz CT molecular complexity index is 360. The van der Waals surface area contributed by atoms with Crippen LogP contribution in [0.25, 0.3) is 0 Å². The van der Waals surface area contributed by atoms with E-state index < -0.39 is 0 Å². The Morgan fingerprint density at radius 1 is 1.57 bits per heavy atom. The van der Waals surface area contributed by atoms with Gasteiger partial charge in [0.1, 0.15) is 0 Å². The molecule has 1 aromatic rings. The minimum absolute atomic E-state index is 0.0827. The third kappa shape index (κ3) is 2.96. The van der Waals surface area contributed by atoms with Gasteiger partial charge in [0.2, 0.25) is 0 Å². The molecule has 0 amide bonds. The predicted octanol–water partition coefficient (Wildman–Crippen LogP) is 4.25. The van der Waals surface area contributed by atoms with Crippen molar-refractivity contribution in [2.45, 2.75) is 12.8 Å². The van der Waals surface area contributed by atoms with Gasteiger partial charge in [0.15, 0.2) is 5.78 Å². The Morgan fingerprint density at radius 2 is 2.29 bits per heavy atom. The molecule has 0 aliphatic rings. The standard InChI is InChI=1S/C11H10BrClO/c1-2-3-4-11(14)9-7-8(13)5-6-10(9)12/h2,5-7H,1,3-4H2. The maximum Gasteiger partial charge on any atom is 0.164 e. The van der Waals surface area contributed by atoms with Crippen molar-refractivity contribution >= 4 is 33.3 Å². The molecule has 0 heterocycles. The maximum absolute atomic E-state index is 11.6. The summed E-state index contributed by atoms with van der Waals surface area (Å²) in [4.78, 5) is 11.6. The Morgan fingerprint density at radius 3 is 2.93 bits per heavy atom. The molecule has 1 rings (SSSR count). The summed E-state index contributed by atoms with van der Waals surface area (Å²) in [6.45, 7) is 3.58. The quantitative estimate of drug-likeness (QED) is 0.592. The van der Waals surface area contributed by atoms with E-state index >= 15 is 0 Å². The number of carbonyl (C=O) groups excluding carboxylic acids is 1. The molecule has 14 heavy (non-hydrogen) atoms. The van der Waals surface area contributed by atoms with Gasteiger partial charge in [0, 0.05) is 21.5 Å². The van der Waals surface area contributed by atoms with Crippen LogP contribution in [0.5, 0.6) is 0 Å². The van der Waals surface area contributed by atoms with E-state index in [4.69, 9.17) is 11.6 Å². The fourth-order valence-electron chi connectivity index (χ4n) is 1.08. The number of hydrogen-bond acceptors (Lipinski definition) is 1. The molecule has 0 fully saturated rings. The topological polar surface area (TPSA) is 17.1 Å². The Hall–Kier alpha value is -0.600. The monoisotopic (exact) mass is 272 g/mol. The third-order valence-corrected chi connectivity index (χ3v) is 2.73. The first-order chi connectivity index (χ1) is 6.65. The van der Waals surface area contributed by atoms with E-state index in [2.05, 4.69) is 22.5 Å². The van der Waals surface area contributed by atoms with Crippen LogP contribution in [0.1, 0.15) is 23.2 Å². The van der Waals surface area contributed by atoms with Crippen molar-refractivity contribution in [3.63, 3.8) is 0 Å². The van der Waals surface area contributed by atoms with E-state index in [1.165, 1.54) is 0 Å². The lowest BCUT2D eigenvalue weighted by Crippen LogP contribution is -1.99. The van der Waals surface area contributed by atoms with Gasteiger partial charge in [-0.25, -0.2) is 0 Å². The minimum Gasteiger partial charge on any atom is -0.294 e. The first-order valence-corrected chi connectivity index (χ1v) is 5.41. The molecule has 0 N–H and O–H groups in total. The van der Waals surface area contributed by atoms with Crippen LogP contribution in [0.3, 0.4) is 0 Å². The zero-order valence-corrected chi connectivity index (χ0v) is 9.94. The summed E-state index contributed by atoms with van der Waals surface area (Å²) in [5.74, 6) is 0.0827. The lowest BCUT2D eigenvalue weighted by atomic mass is 10.1. The number of carbonyl (C=O) groups is 1. The fraction of sp³-hybridized carbons (Fsp3) is 0.182. The van der Waals surface area contributed by atoms with Crippen LogP contribution in [0.4, 0.5) is 0 Å². The molecule has 0 aliphatic carbocycles. The van der Waals surface area contributed by atoms with Crippen LogP contribution < -0.4 is 0 Å². The molecular weight excluding hydrogens is 263 g/mol. The van der Waals surface area contributed by atoms with Crippen LogP contribution in [-0.4, -0.2) is 5.78 Å². The predicted molar refractivity (Wildman–Crippen MR) is 62.9 cm³/mol. The molecule has 0 bridgehead atoms. The van der Waals surface area contributed by atoms with Crippen molar-refractivity contribution in [3.8, 4) is 0 Å². The van der Waals surface area contributed by atoms with Gasteiger partial charge >= 0.3 is 0 Å². The normalized spacial score (nSPS) is 9.86. The van der Waals surface area contributed by atoms with E-state index in [1.54, 1.807) is 24.3 Å². The molecule has 0 aromatic heterocycles. The molecular formula is C11H10BrClO. The lowest BCUT2D eigenvalue weighted by molar-refractivity contribution is 0.0983. The summed E-state index contributed by atoms with van der Waals surface area (Å²) in [6.07, 6.45) is 2.90. The molecule has 0 spiro atoms. The first kappa shape index (κ1) is 11.5. The first-order valence-electron chi connectivity index (χ1n) is 4.24. The molecule has 0 saturated heterocycles. The number of ketones is 1. The van der Waals surface area contributed by atoms with Gasteiger partial charge in [-0.05, 0) is 24.6 Å². The highest BCUT2D eigenvalue weighted by atomic mass is 79.9. The molecule has 74 valence electrons. The lowest BCUT2D eigenvalue weighted by Gasteiger charge is -2.02. The van der Waals surface area contributed by atoms with Gasteiger partial charge in [0.05, 0.1) is 0 Å². The van der Waals surface area contributed by atoms with Crippen molar-refractivity contribution in [2.24, 2.45) is 0 Å². The van der Waals surface area contributed by atoms with E-state index in [9.17, 15) is 4.79 Å². The second kappa shape index (κ2) is 5.32. The van der Waals surface area contributed by atoms with Crippen molar-refractivity contribution in [1.82, 2.24) is 0 Å². The van der Waals surface area contributed by atoms with Crippen molar-refractivity contribution in [3.05, 3.63) is 45.9 Å². The van der Waals surface area contributed by atoms with Gasteiger partial charge in [-0.15, -0.1) is 6.58 Å². The Balaban J connectivity index is 2.88. The second-order valence-corrected chi connectivity index (χ2v) is 4.17. The fourth-order valence-corrected chi connectivity index (χ4v) is 1.72. The summed E-state index contributed by atoms with van der Waals surface area (Å²) in [5, 5.41) is 0.579. The number of halogens is 2. The largest absolute Gasteiger partial charge is 0.294 e. The highest BCUT2D eigenvalue weighted by Crippen LogP contribution is 2.22. The molecule has 0 atom stereocenters. The average Bonchev–Trinajstić information content (AvgIpc) is 2.18. The van der Waals surface area contributed by atoms with Crippen LogP contribution >= 0.6 is 27.5 Å². The van der Waals surface area contributed by atoms with Crippen LogP contribution in [0, 0.1) is 0 Å². The zero-order valence-electron chi connectivity index (χ0n) is 7.59. The average molecular weight is 274 g/mol. The summed E-state index contributed by atoms with van der Waals surface area (Å²) in [6, 6.07) is 5.20. The van der Waals surface area contributed by atoms with Crippen molar-refractivity contribution < 1.29 is 4.79 Å². The molecule has 1 nitrogen and oxygen atoms in total. The highest BCUT2D eigenvalue weighted by molar-refractivity contribution is 9.10. The van der Waals surface area contributed by atoms with Gasteiger partial charge in [-0.2, -0.15) is 0 Å². The second-order valence-electron chi connectivity index (χ2n) is 2.87. The van der Waals surface area contributed by atoms with Gasteiger partial charge in [-0.1, -0.05) is 33.6 Å².